The Hall–Kier alpha value is -4.81. The highest BCUT2D eigenvalue weighted by Crippen LogP contribution is 2.27. The Morgan fingerprint density at radius 1 is 0.932 bits per heavy atom. The summed E-state index contributed by atoms with van der Waals surface area (Å²) in [5.74, 6) is -0.182. The number of nitrogens with one attached hydrogen (secondary N) is 2. The molecule has 1 fully saturated rings. The molecule has 0 amide bonds. The number of halogens is 1. The molecule has 3 heterocycles. The Labute approximate surface area is 255 Å². The standard InChI is InChI=1S/C31H31FN6O2S.CH2O2/c1-22-4-11-30(27(32)18-22)41(39,40)36-26-8-6-25(7-9-26)35-31-20-28(33-21-34-31)23-5-10-29-24(19-23)12-15-38(29)17-16-37-13-2-3-14-37;2-1-3/h4-12,15,18-21,36H,2-3,13-14,16-17H2,1H3,(H,33,34,35);1H,(H,2,3). The van der Waals surface area contributed by atoms with Crippen LogP contribution >= 0.6 is 0 Å². The highest BCUT2D eigenvalue weighted by Gasteiger charge is 2.19. The van der Waals surface area contributed by atoms with Crippen molar-refractivity contribution < 1.29 is 22.7 Å². The summed E-state index contributed by atoms with van der Waals surface area (Å²) >= 11 is 0. The highest BCUT2D eigenvalue weighted by atomic mass is 32.2. The van der Waals surface area contributed by atoms with Crippen molar-refractivity contribution >= 4 is 44.6 Å². The van der Waals surface area contributed by atoms with Gasteiger partial charge >= 0.3 is 0 Å². The van der Waals surface area contributed by atoms with Gasteiger partial charge in [-0.05, 0) is 93.0 Å². The summed E-state index contributed by atoms with van der Waals surface area (Å²) in [5.41, 5.74) is 4.67. The number of nitrogens with zero attached hydrogens (tertiary/aromatic N) is 4. The van der Waals surface area contributed by atoms with Crippen molar-refractivity contribution in [2.75, 3.05) is 29.7 Å². The molecule has 3 N–H and O–H groups in total. The van der Waals surface area contributed by atoms with Crippen molar-refractivity contribution in [1.29, 1.82) is 0 Å². The van der Waals surface area contributed by atoms with Gasteiger partial charge in [0.05, 0.1) is 5.69 Å². The SMILES string of the molecule is Cc1ccc(S(=O)(=O)Nc2ccc(Nc3cc(-c4ccc5c(ccn5CCN5CCCC5)c4)ncn3)cc2)c(F)c1.O=CO. The first-order valence-corrected chi connectivity index (χ1v) is 15.6. The number of aryl methyl sites for hydroxylation is 1. The molecule has 12 heteroatoms. The molecule has 1 aliphatic heterocycles. The smallest absolute Gasteiger partial charge is 0.290 e. The second-order valence-corrected chi connectivity index (χ2v) is 12.1. The lowest BCUT2D eigenvalue weighted by molar-refractivity contribution is -0.122. The lowest BCUT2D eigenvalue weighted by Gasteiger charge is -2.15. The summed E-state index contributed by atoms with van der Waals surface area (Å²) in [6.07, 6.45) is 6.27. The van der Waals surface area contributed by atoms with Crippen molar-refractivity contribution in [2.24, 2.45) is 0 Å². The van der Waals surface area contributed by atoms with E-state index in [1.54, 1.807) is 37.3 Å². The molecule has 0 spiro atoms. The molecule has 44 heavy (non-hydrogen) atoms. The molecule has 0 saturated carbocycles. The molecule has 0 bridgehead atoms. The predicted molar refractivity (Wildman–Crippen MR) is 169 cm³/mol. The maximum atomic E-state index is 14.2. The van der Waals surface area contributed by atoms with Gasteiger partial charge in [-0.25, -0.2) is 22.8 Å². The normalized spacial score (nSPS) is 13.3. The van der Waals surface area contributed by atoms with Gasteiger partial charge in [0.2, 0.25) is 0 Å². The first-order valence-electron chi connectivity index (χ1n) is 14.1. The topological polar surface area (TPSA) is 129 Å². The number of rotatable bonds is 9. The van der Waals surface area contributed by atoms with Gasteiger partial charge in [0.25, 0.3) is 16.5 Å². The van der Waals surface area contributed by atoms with Crippen LogP contribution in [0.4, 0.5) is 21.6 Å². The van der Waals surface area contributed by atoms with Crippen molar-refractivity contribution in [2.45, 2.75) is 31.2 Å². The molecule has 0 unspecified atom stereocenters. The summed E-state index contributed by atoms with van der Waals surface area (Å²) in [4.78, 5) is 19.3. The maximum Gasteiger partial charge on any atom is 0.290 e. The van der Waals surface area contributed by atoms with Gasteiger partial charge in [-0.3, -0.25) is 9.52 Å². The molecular weight excluding hydrogens is 583 g/mol. The highest BCUT2D eigenvalue weighted by molar-refractivity contribution is 7.92. The third-order valence-electron chi connectivity index (χ3n) is 7.38. The maximum absolute atomic E-state index is 14.2. The lowest BCUT2D eigenvalue weighted by atomic mass is 10.1. The molecule has 6 rings (SSSR count). The molecule has 228 valence electrons. The van der Waals surface area contributed by atoms with Crippen LogP contribution < -0.4 is 10.0 Å². The van der Waals surface area contributed by atoms with Crippen LogP contribution in [0, 0.1) is 12.7 Å². The van der Waals surface area contributed by atoms with E-state index in [1.807, 2.05) is 6.07 Å². The number of hydrogen-bond acceptors (Lipinski definition) is 7. The molecule has 1 saturated heterocycles. The summed E-state index contributed by atoms with van der Waals surface area (Å²) in [6.45, 7) is 5.90. The van der Waals surface area contributed by atoms with Crippen LogP contribution in [-0.2, 0) is 21.4 Å². The molecule has 0 aliphatic carbocycles. The average molecular weight is 617 g/mol. The number of carbonyl (C=O) groups is 1. The van der Waals surface area contributed by atoms with E-state index in [4.69, 9.17) is 9.90 Å². The molecule has 10 nitrogen and oxygen atoms in total. The van der Waals surface area contributed by atoms with Gasteiger partial charge in [0, 0.05) is 53.2 Å². The first-order chi connectivity index (χ1) is 21.3. The molecule has 3 aromatic carbocycles. The number of fused-ring (bicyclic) bond motifs is 1. The number of sulfonamides is 1. The van der Waals surface area contributed by atoms with Gasteiger partial charge in [0.1, 0.15) is 22.9 Å². The second kappa shape index (κ2) is 13.7. The van der Waals surface area contributed by atoms with Gasteiger partial charge in [-0.2, -0.15) is 0 Å². The summed E-state index contributed by atoms with van der Waals surface area (Å²) in [6, 6.07) is 21.1. The zero-order chi connectivity index (χ0) is 31.1. The first kappa shape index (κ1) is 30.6. The van der Waals surface area contributed by atoms with Gasteiger partial charge in [0.15, 0.2) is 0 Å². The largest absolute Gasteiger partial charge is 0.483 e. The fourth-order valence-corrected chi connectivity index (χ4v) is 6.32. The van der Waals surface area contributed by atoms with E-state index in [0.29, 0.717) is 22.8 Å². The van der Waals surface area contributed by atoms with Gasteiger partial charge < -0.3 is 19.9 Å². The number of aromatic nitrogens is 3. The quantitative estimate of drug-likeness (QED) is 0.175. The van der Waals surface area contributed by atoms with E-state index in [0.717, 1.165) is 24.3 Å². The third kappa shape index (κ3) is 7.39. The van der Waals surface area contributed by atoms with Crippen molar-refractivity contribution in [3.05, 3.63) is 96.7 Å². The Morgan fingerprint density at radius 2 is 1.66 bits per heavy atom. The third-order valence-corrected chi connectivity index (χ3v) is 8.79. The summed E-state index contributed by atoms with van der Waals surface area (Å²) < 4.78 is 44.3. The Morgan fingerprint density at radius 3 is 2.39 bits per heavy atom. The minimum Gasteiger partial charge on any atom is -0.483 e. The van der Waals surface area contributed by atoms with Crippen molar-refractivity contribution in [1.82, 2.24) is 19.4 Å². The second-order valence-electron chi connectivity index (χ2n) is 10.5. The van der Waals surface area contributed by atoms with Crippen LogP contribution in [0.2, 0.25) is 0 Å². The number of anilines is 3. The lowest BCUT2D eigenvalue weighted by Crippen LogP contribution is -2.23. The summed E-state index contributed by atoms with van der Waals surface area (Å²) in [7, 11) is -4.06. The molecule has 2 aromatic heterocycles. The molecular formula is C32H33FN6O4S. The Balaban J connectivity index is 0.00000123. The van der Waals surface area contributed by atoms with Crippen molar-refractivity contribution in [3.8, 4) is 11.3 Å². The van der Waals surface area contributed by atoms with E-state index in [2.05, 4.69) is 59.9 Å². The zero-order valence-corrected chi connectivity index (χ0v) is 25.0. The number of hydrogen-bond donors (Lipinski definition) is 3. The summed E-state index contributed by atoms with van der Waals surface area (Å²) in [5, 5.41) is 11.3. The molecule has 0 atom stereocenters. The van der Waals surface area contributed by atoms with Crippen LogP contribution in [0.3, 0.4) is 0 Å². The van der Waals surface area contributed by atoms with Crippen LogP contribution in [0.25, 0.3) is 22.2 Å². The van der Waals surface area contributed by atoms with E-state index < -0.39 is 20.7 Å². The van der Waals surface area contributed by atoms with E-state index in [9.17, 15) is 12.8 Å². The Kier molecular flexibility index (Phi) is 9.51. The fourth-order valence-electron chi connectivity index (χ4n) is 5.20. The number of carboxylic acid groups (broad SMARTS) is 1. The molecule has 0 radical (unpaired) electrons. The van der Waals surface area contributed by atoms with E-state index in [1.165, 1.54) is 55.3 Å². The monoisotopic (exact) mass is 616 g/mol. The number of benzene rings is 3. The zero-order valence-electron chi connectivity index (χ0n) is 24.1. The average Bonchev–Trinajstić information content (AvgIpc) is 3.67. The minimum absolute atomic E-state index is 0.250. The predicted octanol–water partition coefficient (Wildman–Crippen LogP) is 5.89. The van der Waals surface area contributed by atoms with Crippen LogP contribution in [0.15, 0.2) is 90.2 Å². The van der Waals surface area contributed by atoms with Gasteiger partial charge in [-0.15, -0.1) is 0 Å². The molecule has 5 aromatic rings. The van der Waals surface area contributed by atoms with Crippen LogP contribution in [0.5, 0.6) is 0 Å². The minimum atomic E-state index is -4.06. The van der Waals surface area contributed by atoms with E-state index in [-0.39, 0.29) is 6.47 Å². The van der Waals surface area contributed by atoms with Crippen LogP contribution in [0.1, 0.15) is 18.4 Å². The fraction of sp³-hybridized carbons (Fsp3) is 0.219. The molecule has 1 aliphatic rings. The van der Waals surface area contributed by atoms with Crippen molar-refractivity contribution in [3.63, 3.8) is 0 Å². The van der Waals surface area contributed by atoms with Gasteiger partial charge in [-0.1, -0.05) is 12.1 Å². The van der Waals surface area contributed by atoms with Crippen LogP contribution in [-0.4, -0.2) is 59.1 Å². The Bertz CT molecular complexity index is 1850. The van der Waals surface area contributed by atoms with E-state index >= 15 is 0 Å². The number of likely N-dealkylation sites (tertiary alicyclic amines) is 1.